The fourth-order valence-corrected chi connectivity index (χ4v) is 0.960. The van der Waals surface area contributed by atoms with Crippen LogP contribution in [-0.4, -0.2) is 16.0 Å². The second kappa shape index (κ2) is 4.52. The summed E-state index contributed by atoms with van der Waals surface area (Å²) in [7, 11) is 0. The Morgan fingerprint density at radius 2 is 2.07 bits per heavy atom. The van der Waals surface area contributed by atoms with Crippen LogP contribution in [0.4, 0.5) is 0 Å². The number of hydrogen-bond donors (Lipinski definition) is 0. The first kappa shape index (κ1) is 11.1. The van der Waals surface area contributed by atoms with Gasteiger partial charge in [0.1, 0.15) is 5.69 Å². The molecule has 0 spiro atoms. The summed E-state index contributed by atoms with van der Waals surface area (Å²) in [6.07, 6.45) is 3.91. The van der Waals surface area contributed by atoms with Crippen LogP contribution in [-0.2, 0) is 0 Å². The number of aryl methyl sites for hydroxylation is 1. The van der Waals surface area contributed by atoms with E-state index in [-0.39, 0.29) is 4.75 Å². The molecule has 0 aliphatic carbocycles. The van der Waals surface area contributed by atoms with Gasteiger partial charge in [0, 0.05) is 6.20 Å². The third-order valence-electron chi connectivity index (χ3n) is 1.91. The molecule has 0 aliphatic heterocycles. The predicted molar refractivity (Wildman–Crippen MR) is 63.4 cm³/mol. The summed E-state index contributed by atoms with van der Waals surface area (Å²) in [5.74, 6) is 6.28. The lowest BCUT2D eigenvalue weighted by Crippen LogP contribution is -2.09. The summed E-state index contributed by atoms with van der Waals surface area (Å²) < 4.78 is 0.00651. The number of aromatic nitrogens is 1. The van der Waals surface area contributed by atoms with Crippen LogP contribution < -0.4 is 0 Å². The van der Waals surface area contributed by atoms with E-state index in [0.29, 0.717) is 0 Å². The van der Waals surface area contributed by atoms with Crippen LogP contribution in [0.15, 0.2) is 18.3 Å². The van der Waals surface area contributed by atoms with Gasteiger partial charge in [-0.05, 0) is 44.6 Å². The molecule has 14 heavy (non-hydrogen) atoms. The molecule has 1 aromatic rings. The number of nitrogens with zero attached hydrogens (tertiary/aromatic N) is 1. The highest BCUT2D eigenvalue weighted by molar-refractivity contribution is 8.00. The highest BCUT2D eigenvalue weighted by Crippen LogP contribution is 2.19. The molecule has 1 nitrogen and oxygen atoms in total. The standard InChI is InChI=1S/C12H15NS/c1-10-5-6-11(13-9-10)7-8-12(2,3)14-4/h5-6,9H,1-4H3. The second-order valence-corrected chi connectivity index (χ2v) is 5.11. The van der Waals surface area contributed by atoms with Gasteiger partial charge in [0.2, 0.25) is 0 Å². The Bertz CT molecular complexity index is 354. The Balaban J connectivity index is 2.83. The van der Waals surface area contributed by atoms with Crippen molar-refractivity contribution in [1.29, 1.82) is 0 Å². The first-order valence-electron chi connectivity index (χ1n) is 4.54. The van der Waals surface area contributed by atoms with Crippen molar-refractivity contribution in [1.82, 2.24) is 4.98 Å². The van der Waals surface area contributed by atoms with Crippen molar-refractivity contribution in [3.63, 3.8) is 0 Å². The first-order chi connectivity index (χ1) is 6.53. The quantitative estimate of drug-likeness (QED) is 0.654. The largest absolute Gasteiger partial charge is 0.248 e. The summed E-state index contributed by atoms with van der Waals surface area (Å²) >= 11 is 1.75. The van der Waals surface area contributed by atoms with Crippen LogP contribution in [0, 0.1) is 18.8 Å². The van der Waals surface area contributed by atoms with Gasteiger partial charge in [0.05, 0.1) is 4.75 Å². The molecule has 0 saturated carbocycles. The van der Waals surface area contributed by atoms with Crippen LogP contribution in [0.2, 0.25) is 0 Å². The Morgan fingerprint density at radius 3 is 2.57 bits per heavy atom. The number of hydrogen-bond acceptors (Lipinski definition) is 2. The van der Waals surface area contributed by atoms with Crippen molar-refractivity contribution in [2.24, 2.45) is 0 Å². The lowest BCUT2D eigenvalue weighted by molar-refractivity contribution is 0.936. The van der Waals surface area contributed by atoms with Gasteiger partial charge in [-0.25, -0.2) is 4.98 Å². The van der Waals surface area contributed by atoms with E-state index in [1.165, 1.54) is 5.56 Å². The molecule has 0 N–H and O–H groups in total. The van der Waals surface area contributed by atoms with Gasteiger partial charge < -0.3 is 0 Å². The van der Waals surface area contributed by atoms with Crippen LogP contribution in [0.25, 0.3) is 0 Å². The molecule has 0 atom stereocenters. The van der Waals surface area contributed by atoms with Crippen molar-refractivity contribution in [2.75, 3.05) is 6.26 Å². The molecule has 2 heteroatoms. The molecule has 1 rings (SSSR count). The monoisotopic (exact) mass is 205 g/mol. The van der Waals surface area contributed by atoms with Gasteiger partial charge in [-0.1, -0.05) is 12.0 Å². The maximum Gasteiger partial charge on any atom is 0.113 e. The Morgan fingerprint density at radius 1 is 1.36 bits per heavy atom. The van der Waals surface area contributed by atoms with E-state index in [1.54, 1.807) is 11.8 Å². The van der Waals surface area contributed by atoms with Crippen molar-refractivity contribution in [3.05, 3.63) is 29.6 Å². The van der Waals surface area contributed by atoms with Gasteiger partial charge in [0.25, 0.3) is 0 Å². The molecular weight excluding hydrogens is 190 g/mol. The minimum absolute atomic E-state index is 0.00651. The van der Waals surface area contributed by atoms with Crippen LogP contribution >= 0.6 is 11.8 Å². The molecule has 0 amide bonds. The van der Waals surface area contributed by atoms with Crippen molar-refractivity contribution in [2.45, 2.75) is 25.5 Å². The molecule has 0 saturated heterocycles. The lowest BCUT2D eigenvalue weighted by Gasteiger charge is -2.12. The number of thioether (sulfide) groups is 1. The van der Waals surface area contributed by atoms with Gasteiger partial charge in [-0.3, -0.25) is 0 Å². The van der Waals surface area contributed by atoms with Gasteiger partial charge in [-0.15, -0.1) is 11.8 Å². The average Bonchev–Trinajstić information content (AvgIpc) is 2.17. The Hall–Kier alpha value is -0.940. The molecule has 0 aliphatic rings. The van der Waals surface area contributed by atoms with Crippen molar-refractivity contribution in [3.8, 4) is 11.8 Å². The summed E-state index contributed by atoms with van der Waals surface area (Å²) in [6.45, 7) is 6.24. The molecule has 0 unspecified atom stereocenters. The third-order valence-corrected chi connectivity index (χ3v) is 3.04. The summed E-state index contributed by atoms with van der Waals surface area (Å²) in [4.78, 5) is 4.23. The van der Waals surface area contributed by atoms with E-state index >= 15 is 0 Å². The zero-order chi connectivity index (χ0) is 10.6. The normalized spacial score (nSPS) is 10.6. The highest BCUT2D eigenvalue weighted by Gasteiger charge is 2.10. The van der Waals surface area contributed by atoms with Gasteiger partial charge in [-0.2, -0.15) is 0 Å². The highest BCUT2D eigenvalue weighted by atomic mass is 32.2. The third kappa shape index (κ3) is 3.43. The minimum Gasteiger partial charge on any atom is -0.248 e. The van der Waals surface area contributed by atoms with Crippen LogP contribution in [0.5, 0.6) is 0 Å². The lowest BCUT2D eigenvalue weighted by atomic mass is 10.2. The minimum atomic E-state index is 0.00651. The number of rotatable bonds is 1. The average molecular weight is 205 g/mol. The van der Waals surface area contributed by atoms with E-state index in [2.05, 4.69) is 36.9 Å². The SMILES string of the molecule is CSC(C)(C)C#Cc1ccc(C)cn1. The topological polar surface area (TPSA) is 12.9 Å². The van der Waals surface area contributed by atoms with E-state index in [9.17, 15) is 0 Å². The fraction of sp³-hybridized carbons (Fsp3) is 0.417. The first-order valence-corrected chi connectivity index (χ1v) is 5.77. The molecule has 1 aromatic heterocycles. The van der Waals surface area contributed by atoms with Gasteiger partial charge >= 0.3 is 0 Å². The number of pyridine rings is 1. The molecule has 0 aromatic carbocycles. The Labute approximate surface area is 90.3 Å². The maximum absolute atomic E-state index is 4.23. The van der Waals surface area contributed by atoms with Gasteiger partial charge in [0.15, 0.2) is 0 Å². The summed E-state index contributed by atoms with van der Waals surface area (Å²) in [5.41, 5.74) is 2.01. The molecule has 0 bridgehead atoms. The zero-order valence-electron chi connectivity index (χ0n) is 9.09. The van der Waals surface area contributed by atoms with Crippen LogP contribution in [0.1, 0.15) is 25.1 Å². The smallest absolute Gasteiger partial charge is 0.113 e. The van der Waals surface area contributed by atoms with E-state index in [1.807, 2.05) is 25.3 Å². The summed E-state index contributed by atoms with van der Waals surface area (Å²) in [6, 6.07) is 3.99. The second-order valence-electron chi connectivity index (χ2n) is 3.69. The molecule has 1 heterocycles. The van der Waals surface area contributed by atoms with Crippen LogP contribution in [0.3, 0.4) is 0 Å². The van der Waals surface area contributed by atoms with E-state index in [4.69, 9.17) is 0 Å². The van der Waals surface area contributed by atoms with E-state index < -0.39 is 0 Å². The fourth-order valence-electron chi connectivity index (χ4n) is 0.807. The molecular formula is C12H15NS. The van der Waals surface area contributed by atoms with Crippen molar-refractivity contribution < 1.29 is 0 Å². The molecule has 0 radical (unpaired) electrons. The Kier molecular flexibility index (Phi) is 3.60. The molecule has 0 fully saturated rings. The summed E-state index contributed by atoms with van der Waals surface area (Å²) in [5, 5.41) is 0. The molecule has 74 valence electrons. The zero-order valence-corrected chi connectivity index (χ0v) is 9.90. The van der Waals surface area contributed by atoms with Crippen molar-refractivity contribution >= 4 is 11.8 Å². The predicted octanol–water partition coefficient (Wildman–Crippen LogP) is 2.88. The van der Waals surface area contributed by atoms with E-state index in [0.717, 1.165) is 5.69 Å². The maximum atomic E-state index is 4.23.